The van der Waals surface area contributed by atoms with Crippen molar-refractivity contribution in [2.24, 2.45) is 0 Å². The number of hydrogen-bond acceptors (Lipinski definition) is 15. The molecule has 5 unspecified atom stereocenters. The Labute approximate surface area is 619 Å². The van der Waals surface area contributed by atoms with Gasteiger partial charge in [-0.3, -0.25) is 37.3 Å². The van der Waals surface area contributed by atoms with Gasteiger partial charge in [0.1, 0.15) is 19.3 Å². The molecule has 0 aromatic rings. The highest BCUT2D eigenvalue weighted by atomic mass is 31.2. The van der Waals surface area contributed by atoms with Crippen molar-refractivity contribution in [3.8, 4) is 0 Å². The lowest BCUT2D eigenvalue weighted by Crippen LogP contribution is -2.30. The highest BCUT2D eigenvalue weighted by molar-refractivity contribution is 7.47. The number of phosphoric acid groups is 2. The molecule has 0 saturated carbocycles. The minimum Gasteiger partial charge on any atom is -0.462 e. The quantitative estimate of drug-likeness (QED) is 0.0169. The summed E-state index contributed by atoms with van der Waals surface area (Å²) in [5.74, 6) is -2.25. The molecule has 0 aromatic carbocycles. The summed E-state index contributed by atoms with van der Waals surface area (Å²) in [6.07, 6.45) is 81.8. The molecule has 5 atom stereocenters. The number of hydrogen-bond donors (Lipinski definition) is 3. The number of ether oxygens (including phenoxy) is 4. The zero-order chi connectivity index (χ0) is 74.6. The van der Waals surface area contributed by atoms with Crippen LogP contribution in [0.4, 0.5) is 0 Å². The lowest BCUT2D eigenvalue weighted by molar-refractivity contribution is -0.161. The van der Waals surface area contributed by atoms with Gasteiger partial charge in [0, 0.05) is 25.7 Å². The second-order valence-corrected chi connectivity index (χ2v) is 29.2. The number of aliphatic hydroxyl groups excluding tert-OH is 1. The third-order valence-corrected chi connectivity index (χ3v) is 18.3. The maximum absolute atomic E-state index is 13.1. The maximum Gasteiger partial charge on any atom is 0.472 e. The van der Waals surface area contributed by atoms with Gasteiger partial charge in [0.15, 0.2) is 12.2 Å². The zero-order valence-corrected chi connectivity index (χ0v) is 65.8. The van der Waals surface area contributed by atoms with Gasteiger partial charge in [-0.2, -0.15) is 0 Å². The molecule has 0 radical (unpaired) electrons. The summed E-state index contributed by atoms with van der Waals surface area (Å²) in [5.41, 5.74) is 0. The lowest BCUT2D eigenvalue weighted by Gasteiger charge is -2.21. The van der Waals surface area contributed by atoms with Crippen LogP contribution < -0.4 is 0 Å². The second-order valence-electron chi connectivity index (χ2n) is 26.3. The van der Waals surface area contributed by atoms with Gasteiger partial charge in [-0.1, -0.05) is 265 Å². The zero-order valence-electron chi connectivity index (χ0n) is 64.0. The van der Waals surface area contributed by atoms with Crippen molar-refractivity contribution in [2.75, 3.05) is 39.6 Å². The standard InChI is InChI=1S/C83H142O17P2/c1-5-9-13-17-21-25-29-33-36-37-38-39-42-45-48-52-56-60-64-68-81(86)94-74-79(100-83(88)70-66-62-58-54-50-46-41-35-31-27-23-19-15-11-7-3)76-98-102(91,92)96-72-77(84)71-95-101(89,90)97-75-78(99-82(87)69-65-61-57-53-49-43-32-28-24-20-16-12-8-4)73-93-80(85)67-63-59-55-51-47-44-40-34-30-26-22-18-14-10-6-2/h9,13,16,20-22,25-26,28,32-36,38-41,45,48,77-79,84H,5-8,10-12,14-15,17-19,23-24,27,29-31,37,42-44,46-47,49-76H2,1-4H3,(H,89,90)(H,91,92)/b13-9-,20-16-,25-21-,26-22-,32-28-,36-33-,39-38-,40-34-,41-35-,48-45-. The molecule has 3 N–H and O–H groups in total. The average Bonchev–Trinajstić information content (AvgIpc) is 0.924. The number of rotatable bonds is 74. The summed E-state index contributed by atoms with van der Waals surface area (Å²) in [7, 11) is -9.98. The van der Waals surface area contributed by atoms with Crippen molar-refractivity contribution < 1.29 is 80.2 Å². The molecule has 0 saturated heterocycles. The van der Waals surface area contributed by atoms with Gasteiger partial charge in [-0.15, -0.1) is 0 Å². The summed E-state index contributed by atoms with van der Waals surface area (Å²) >= 11 is 0. The van der Waals surface area contributed by atoms with E-state index in [1.165, 1.54) is 57.8 Å². The van der Waals surface area contributed by atoms with Crippen molar-refractivity contribution in [1.82, 2.24) is 0 Å². The van der Waals surface area contributed by atoms with E-state index in [0.29, 0.717) is 25.7 Å². The fourth-order valence-corrected chi connectivity index (χ4v) is 11.9. The van der Waals surface area contributed by atoms with Crippen LogP contribution in [-0.2, 0) is 65.4 Å². The van der Waals surface area contributed by atoms with Crippen molar-refractivity contribution in [3.05, 3.63) is 122 Å². The van der Waals surface area contributed by atoms with Crippen LogP contribution in [-0.4, -0.2) is 96.7 Å². The summed E-state index contributed by atoms with van der Waals surface area (Å²) in [4.78, 5) is 73.0. The van der Waals surface area contributed by atoms with Crippen molar-refractivity contribution in [3.63, 3.8) is 0 Å². The van der Waals surface area contributed by atoms with Gasteiger partial charge in [0.25, 0.3) is 0 Å². The third-order valence-electron chi connectivity index (χ3n) is 16.4. The van der Waals surface area contributed by atoms with E-state index in [-0.39, 0.29) is 25.7 Å². The van der Waals surface area contributed by atoms with E-state index in [9.17, 15) is 43.2 Å². The van der Waals surface area contributed by atoms with E-state index >= 15 is 0 Å². The minimum atomic E-state index is -4.99. The molecule has 0 amide bonds. The molecule has 17 nitrogen and oxygen atoms in total. The van der Waals surface area contributed by atoms with Crippen LogP contribution in [0.3, 0.4) is 0 Å². The van der Waals surface area contributed by atoms with Gasteiger partial charge in [0.05, 0.1) is 26.4 Å². The van der Waals surface area contributed by atoms with Gasteiger partial charge in [-0.05, 0) is 154 Å². The molecule has 19 heteroatoms. The van der Waals surface area contributed by atoms with Crippen LogP contribution in [0.5, 0.6) is 0 Å². The molecule has 0 aliphatic heterocycles. The van der Waals surface area contributed by atoms with Gasteiger partial charge >= 0.3 is 39.5 Å². The van der Waals surface area contributed by atoms with Gasteiger partial charge in [0.2, 0.25) is 0 Å². The molecule has 0 bridgehead atoms. The Hall–Kier alpha value is -4.54. The van der Waals surface area contributed by atoms with E-state index in [1.807, 2.05) is 0 Å². The number of unbranched alkanes of at least 4 members (excludes halogenated alkanes) is 28. The Morgan fingerprint density at radius 2 is 0.529 bits per heavy atom. The van der Waals surface area contributed by atoms with E-state index in [2.05, 4.69) is 149 Å². The first-order chi connectivity index (χ1) is 49.7. The Kier molecular flexibility index (Phi) is 71.4. The predicted octanol–water partition coefficient (Wildman–Crippen LogP) is 23.1. The molecular formula is C83H142O17P2. The smallest absolute Gasteiger partial charge is 0.462 e. The van der Waals surface area contributed by atoms with E-state index < -0.39 is 97.5 Å². The highest BCUT2D eigenvalue weighted by Crippen LogP contribution is 2.45. The monoisotopic (exact) mass is 1470 g/mol. The molecule has 0 aromatic heterocycles. The number of aliphatic hydroxyl groups is 1. The maximum atomic E-state index is 13.1. The van der Waals surface area contributed by atoms with E-state index in [4.69, 9.17) is 37.0 Å². The minimum absolute atomic E-state index is 0.0734. The molecule has 102 heavy (non-hydrogen) atoms. The van der Waals surface area contributed by atoms with Crippen LogP contribution in [0.15, 0.2) is 122 Å². The molecule has 0 rings (SSSR count). The number of phosphoric ester groups is 2. The summed E-state index contributed by atoms with van der Waals surface area (Å²) in [6, 6.07) is 0. The SMILES string of the molecule is CC/C=C\C/C=C\C/C=C\C/C=C\C/C=C\CCCCCC(=O)OCC(COP(=O)(O)OCC(O)COP(=O)(O)OCC(COC(=O)CCCCCCC/C=C\C/C=C\CCCCC)OC(=O)CCCCCCC/C=C\C/C=C\CCC)OC(=O)CCCCCCC/C=C\CCCCCCCC. The molecular weight excluding hydrogens is 1330 g/mol. The van der Waals surface area contributed by atoms with Crippen LogP contribution in [0.1, 0.15) is 323 Å². The lowest BCUT2D eigenvalue weighted by atomic mass is 10.1. The molecule has 0 fully saturated rings. The topological polar surface area (TPSA) is 237 Å². The molecule has 0 aliphatic rings. The number of carbonyl (C=O) groups is 4. The normalized spacial score (nSPS) is 14.5. The van der Waals surface area contributed by atoms with Gasteiger partial charge in [-0.25, -0.2) is 9.13 Å². The number of esters is 4. The van der Waals surface area contributed by atoms with Crippen molar-refractivity contribution in [2.45, 2.75) is 341 Å². The van der Waals surface area contributed by atoms with E-state index in [0.717, 1.165) is 186 Å². The first kappa shape index (κ1) is 97.5. The summed E-state index contributed by atoms with van der Waals surface area (Å²) in [6.45, 7) is 4.60. The van der Waals surface area contributed by atoms with Crippen molar-refractivity contribution >= 4 is 39.5 Å². The summed E-state index contributed by atoms with van der Waals surface area (Å²) < 4.78 is 68.5. The number of allylic oxidation sites excluding steroid dienone is 20. The Balaban J connectivity index is 5.40. The number of carbonyl (C=O) groups excluding carboxylic acids is 4. The average molecular weight is 1470 g/mol. The van der Waals surface area contributed by atoms with Crippen molar-refractivity contribution in [1.29, 1.82) is 0 Å². The van der Waals surface area contributed by atoms with Crippen LogP contribution in [0.2, 0.25) is 0 Å². The van der Waals surface area contributed by atoms with Crippen LogP contribution in [0, 0.1) is 0 Å². The van der Waals surface area contributed by atoms with Gasteiger partial charge < -0.3 is 33.8 Å². The third kappa shape index (κ3) is 73.8. The fourth-order valence-electron chi connectivity index (χ4n) is 10.3. The highest BCUT2D eigenvalue weighted by Gasteiger charge is 2.30. The Morgan fingerprint density at radius 1 is 0.284 bits per heavy atom. The first-order valence-corrected chi connectivity index (χ1v) is 42.8. The first-order valence-electron chi connectivity index (χ1n) is 39.8. The fraction of sp³-hybridized carbons (Fsp3) is 0.711. The molecule has 0 aliphatic carbocycles. The second kappa shape index (κ2) is 74.7. The van der Waals surface area contributed by atoms with Crippen LogP contribution in [0.25, 0.3) is 0 Å². The Morgan fingerprint density at radius 3 is 0.863 bits per heavy atom. The predicted molar refractivity (Wildman–Crippen MR) is 418 cm³/mol. The van der Waals surface area contributed by atoms with Crippen LogP contribution >= 0.6 is 15.6 Å². The molecule has 0 spiro atoms. The molecule has 586 valence electrons. The van der Waals surface area contributed by atoms with E-state index in [1.54, 1.807) is 0 Å². The summed E-state index contributed by atoms with van der Waals surface area (Å²) in [5, 5.41) is 10.6. The molecule has 0 heterocycles. The largest absolute Gasteiger partial charge is 0.472 e. The Bertz CT molecular complexity index is 2410.